The van der Waals surface area contributed by atoms with Crippen molar-refractivity contribution < 1.29 is 14.0 Å². The Bertz CT molecular complexity index is 1070. The monoisotopic (exact) mass is 395 g/mol. The van der Waals surface area contributed by atoms with Crippen molar-refractivity contribution in [3.63, 3.8) is 0 Å². The number of nitrogens with one attached hydrogen (secondary N) is 2. The van der Waals surface area contributed by atoms with Gasteiger partial charge in [0, 0.05) is 11.1 Å². The number of hydrogen-bond acceptors (Lipinski definition) is 8. The first-order valence-corrected chi connectivity index (χ1v) is 8.98. The first-order chi connectivity index (χ1) is 13.7. The highest BCUT2D eigenvalue weighted by Crippen LogP contribution is 2.18. The molecule has 4 rings (SSSR count). The summed E-state index contributed by atoms with van der Waals surface area (Å²) < 4.78 is 6.54. The number of amides is 2. The molecule has 0 radical (unpaired) electrons. The van der Waals surface area contributed by atoms with E-state index in [-0.39, 0.29) is 18.1 Å². The van der Waals surface area contributed by atoms with Gasteiger partial charge in [-0.15, -0.1) is 16.4 Å². The third kappa shape index (κ3) is 4.10. The lowest BCUT2D eigenvalue weighted by molar-refractivity contribution is -0.115. The van der Waals surface area contributed by atoms with E-state index in [4.69, 9.17) is 4.42 Å². The second kappa shape index (κ2) is 7.80. The van der Waals surface area contributed by atoms with Crippen LogP contribution in [-0.4, -0.2) is 37.0 Å². The Balaban J connectivity index is 1.33. The number of hydrogen-bond donors (Lipinski definition) is 2. The van der Waals surface area contributed by atoms with Crippen molar-refractivity contribution in [1.29, 1.82) is 0 Å². The molecular weight excluding hydrogens is 382 g/mol. The second-order valence-electron chi connectivity index (χ2n) is 5.60. The maximum atomic E-state index is 12.2. The third-order valence-electron chi connectivity index (χ3n) is 3.62. The van der Waals surface area contributed by atoms with E-state index in [9.17, 15) is 9.59 Å². The standard InChI is InChI=1S/C17H13N7O3S/c25-15(19-11-3-5-13(6-4-11)24-10-18-22-23-24)8-12-9-28-17(20-12)21-16(26)14-2-1-7-27-14/h1-7,9-10H,8H2,(H,19,25)(H,20,21,26). The van der Waals surface area contributed by atoms with Crippen LogP contribution in [0.3, 0.4) is 0 Å². The Labute approximate surface area is 162 Å². The van der Waals surface area contributed by atoms with E-state index in [2.05, 4.69) is 31.1 Å². The largest absolute Gasteiger partial charge is 0.459 e. The Morgan fingerprint density at radius 2 is 2.00 bits per heavy atom. The summed E-state index contributed by atoms with van der Waals surface area (Å²) in [5.74, 6) is -0.415. The normalized spacial score (nSPS) is 10.6. The molecule has 0 fully saturated rings. The molecule has 28 heavy (non-hydrogen) atoms. The summed E-state index contributed by atoms with van der Waals surface area (Å²) in [4.78, 5) is 28.4. The minimum atomic E-state index is -0.391. The molecule has 3 heterocycles. The molecule has 3 aromatic heterocycles. The highest BCUT2D eigenvalue weighted by Gasteiger charge is 2.13. The van der Waals surface area contributed by atoms with Crippen LogP contribution in [0, 0.1) is 0 Å². The molecular formula is C17H13N7O3S. The lowest BCUT2D eigenvalue weighted by Gasteiger charge is -2.05. The predicted molar refractivity (Wildman–Crippen MR) is 100 cm³/mol. The first kappa shape index (κ1) is 17.5. The van der Waals surface area contributed by atoms with Crippen LogP contribution in [0.5, 0.6) is 0 Å². The lowest BCUT2D eigenvalue weighted by atomic mass is 10.2. The van der Waals surface area contributed by atoms with E-state index in [1.807, 2.05) is 0 Å². The molecule has 1 aromatic carbocycles. The third-order valence-corrected chi connectivity index (χ3v) is 4.43. The van der Waals surface area contributed by atoms with Crippen LogP contribution in [0.15, 0.2) is 58.8 Å². The highest BCUT2D eigenvalue weighted by molar-refractivity contribution is 7.14. The molecule has 140 valence electrons. The summed E-state index contributed by atoms with van der Waals surface area (Å²) in [7, 11) is 0. The molecule has 0 bridgehead atoms. The molecule has 0 saturated carbocycles. The van der Waals surface area contributed by atoms with E-state index < -0.39 is 5.91 Å². The molecule has 11 heteroatoms. The number of aromatic nitrogens is 5. The van der Waals surface area contributed by atoms with E-state index in [1.165, 1.54) is 28.6 Å². The van der Waals surface area contributed by atoms with Crippen LogP contribution in [0.2, 0.25) is 0 Å². The van der Waals surface area contributed by atoms with Crippen molar-refractivity contribution in [3.8, 4) is 5.69 Å². The molecule has 0 aliphatic carbocycles. The SMILES string of the molecule is O=C(Cc1csc(NC(=O)c2ccco2)n1)Nc1ccc(-n2cnnn2)cc1. The van der Waals surface area contributed by atoms with Crippen molar-refractivity contribution >= 4 is 34.0 Å². The molecule has 0 saturated heterocycles. The molecule has 2 N–H and O–H groups in total. The van der Waals surface area contributed by atoms with Gasteiger partial charge < -0.3 is 9.73 Å². The number of thiazole rings is 1. The Morgan fingerprint density at radius 3 is 2.71 bits per heavy atom. The van der Waals surface area contributed by atoms with Gasteiger partial charge in [0.2, 0.25) is 5.91 Å². The number of rotatable bonds is 6. The maximum Gasteiger partial charge on any atom is 0.293 e. The van der Waals surface area contributed by atoms with Gasteiger partial charge in [0.15, 0.2) is 10.9 Å². The summed E-state index contributed by atoms with van der Waals surface area (Å²) >= 11 is 1.24. The number of tetrazole rings is 1. The first-order valence-electron chi connectivity index (χ1n) is 8.10. The smallest absolute Gasteiger partial charge is 0.293 e. The van der Waals surface area contributed by atoms with Gasteiger partial charge in [0.25, 0.3) is 5.91 Å². The fraction of sp³-hybridized carbons (Fsp3) is 0.0588. The zero-order valence-electron chi connectivity index (χ0n) is 14.3. The molecule has 0 unspecified atom stereocenters. The van der Waals surface area contributed by atoms with Gasteiger partial charge in [-0.25, -0.2) is 9.67 Å². The zero-order chi connectivity index (χ0) is 19.3. The number of furan rings is 1. The van der Waals surface area contributed by atoms with Crippen molar-refractivity contribution in [2.75, 3.05) is 10.6 Å². The Kier molecular flexibility index (Phi) is 4.89. The van der Waals surface area contributed by atoms with Gasteiger partial charge in [-0.3, -0.25) is 14.9 Å². The zero-order valence-corrected chi connectivity index (χ0v) is 15.1. The fourth-order valence-corrected chi connectivity index (χ4v) is 3.06. The second-order valence-corrected chi connectivity index (χ2v) is 6.46. The molecule has 0 spiro atoms. The topological polar surface area (TPSA) is 128 Å². The average molecular weight is 395 g/mol. The van der Waals surface area contributed by atoms with Gasteiger partial charge in [-0.05, 0) is 46.8 Å². The molecule has 0 atom stereocenters. The number of nitrogens with zero attached hydrogens (tertiary/aromatic N) is 5. The summed E-state index contributed by atoms with van der Waals surface area (Å²) in [6, 6.07) is 10.3. The van der Waals surface area contributed by atoms with Crippen LogP contribution < -0.4 is 10.6 Å². The van der Waals surface area contributed by atoms with Gasteiger partial charge in [-0.1, -0.05) is 0 Å². The maximum absolute atomic E-state index is 12.2. The number of carbonyl (C=O) groups is 2. The van der Waals surface area contributed by atoms with Crippen LogP contribution in [0.1, 0.15) is 16.2 Å². The molecule has 2 amide bonds. The van der Waals surface area contributed by atoms with E-state index in [0.29, 0.717) is 16.5 Å². The quantitative estimate of drug-likeness (QED) is 0.512. The molecule has 4 aromatic rings. The van der Waals surface area contributed by atoms with Gasteiger partial charge in [-0.2, -0.15) is 0 Å². The van der Waals surface area contributed by atoms with Crippen molar-refractivity contribution in [2.24, 2.45) is 0 Å². The molecule has 0 aliphatic rings. The Hall–Kier alpha value is -3.86. The Morgan fingerprint density at radius 1 is 1.14 bits per heavy atom. The molecule has 10 nitrogen and oxygen atoms in total. The minimum Gasteiger partial charge on any atom is -0.459 e. The van der Waals surface area contributed by atoms with Gasteiger partial charge in [0.05, 0.1) is 24.1 Å². The highest BCUT2D eigenvalue weighted by atomic mass is 32.1. The predicted octanol–water partition coefficient (Wildman–Crippen LogP) is 2.15. The number of carbonyl (C=O) groups excluding carboxylic acids is 2. The number of benzene rings is 1. The van der Waals surface area contributed by atoms with E-state index in [0.717, 1.165) is 5.69 Å². The lowest BCUT2D eigenvalue weighted by Crippen LogP contribution is -2.15. The summed E-state index contributed by atoms with van der Waals surface area (Å²) in [5, 5.41) is 18.5. The van der Waals surface area contributed by atoms with Crippen LogP contribution >= 0.6 is 11.3 Å². The van der Waals surface area contributed by atoms with E-state index in [1.54, 1.807) is 41.8 Å². The van der Waals surface area contributed by atoms with Crippen molar-refractivity contribution in [3.05, 3.63) is 65.8 Å². The van der Waals surface area contributed by atoms with Crippen molar-refractivity contribution in [2.45, 2.75) is 6.42 Å². The number of anilines is 2. The van der Waals surface area contributed by atoms with Crippen molar-refractivity contribution in [1.82, 2.24) is 25.2 Å². The van der Waals surface area contributed by atoms with Gasteiger partial charge >= 0.3 is 0 Å². The summed E-state index contributed by atoms with van der Waals surface area (Å²) in [5.41, 5.74) is 1.98. The average Bonchev–Trinajstić information content (AvgIpc) is 3.45. The van der Waals surface area contributed by atoms with Gasteiger partial charge in [0.1, 0.15) is 6.33 Å². The summed E-state index contributed by atoms with van der Waals surface area (Å²) in [6.07, 6.45) is 2.99. The minimum absolute atomic E-state index is 0.0852. The fourth-order valence-electron chi connectivity index (χ4n) is 2.36. The summed E-state index contributed by atoms with van der Waals surface area (Å²) in [6.45, 7) is 0. The van der Waals surface area contributed by atoms with Crippen LogP contribution in [0.25, 0.3) is 5.69 Å². The molecule has 0 aliphatic heterocycles. The van der Waals surface area contributed by atoms with E-state index >= 15 is 0 Å². The van der Waals surface area contributed by atoms with Crippen LogP contribution in [0.4, 0.5) is 10.8 Å². The van der Waals surface area contributed by atoms with Crippen LogP contribution in [-0.2, 0) is 11.2 Å².